The Bertz CT molecular complexity index is 1220. The van der Waals surface area contributed by atoms with E-state index in [1.54, 1.807) is 0 Å². The number of hydrogen-bond acceptors (Lipinski definition) is 8. The summed E-state index contributed by atoms with van der Waals surface area (Å²) in [7, 11) is 0. The number of allylic oxidation sites excluding steroid dienone is 2. The molecule has 296 valence electrons. The molecule has 52 heavy (non-hydrogen) atoms. The van der Waals surface area contributed by atoms with Gasteiger partial charge >= 0.3 is 5.97 Å². The summed E-state index contributed by atoms with van der Waals surface area (Å²) in [5.41, 5.74) is 2.70. The Morgan fingerprint density at radius 1 is 0.846 bits per heavy atom. The first-order valence-electron chi connectivity index (χ1n) is 21.3. The molecule has 9 heteroatoms. The molecule has 12 atom stereocenters. The number of carbonyl (C=O) groups is 2. The van der Waals surface area contributed by atoms with E-state index in [0.717, 1.165) is 82.5 Å². The van der Waals surface area contributed by atoms with Crippen LogP contribution in [-0.4, -0.2) is 54.9 Å². The molecular weight excluding hydrogens is 658 g/mol. The lowest BCUT2D eigenvalue weighted by molar-refractivity contribution is -0.203. The summed E-state index contributed by atoms with van der Waals surface area (Å²) >= 11 is 0. The third kappa shape index (κ3) is 10.7. The monoisotopic (exact) mass is 730 g/mol. The zero-order valence-corrected chi connectivity index (χ0v) is 33.2. The standard InChI is InChI=1S/C43H71NO8/c1-7-32-17-21-35-31(6)42(52-43-40(35)36(32)20-16-29(4)50-43)48-25-13-11-9-8-10-12-24-44-38(45)22-23-39(46)51-41(47)30(5)34-18-14-27(2)33-19-15-28(3)49-26-37(33)34/h26-36,41-42,47H,7-25H2,1-6H3,(H,44,45)/t27-,28?,29?,30-,31-,32-,33?,34?,35?,36?,41?,42?/m1/s1. The SMILES string of the molecule is CC[C@@H]1CCC2C3=C(OC(C)CCC31)OC(OCCCCCCCCNC(=O)CCC(=O)OC(O)[C@H](C)C1CC[C@@H](C)C3CCC(C)OC=C13)[C@@H]2C. The third-order valence-electron chi connectivity index (χ3n) is 13.3. The van der Waals surface area contributed by atoms with Crippen LogP contribution < -0.4 is 5.32 Å². The zero-order valence-electron chi connectivity index (χ0n) is 33.2. The van der Waals surface area contributed by atoms with Crippen molar-refractivity contribution >= 4 is 11.9 Å². The van der Waals surface area contributed by atoms with Crippen LogP contribution in [-0.2, 0) is 33.3 Å². The fraction of sp³-hybridized carbons (Fsp3) is 0.860. The van der Waals surface area contributed by atoms with E-state index in [-0.39, 0.29) is 49.1 Å². The van der Waals surface area contributed by atoms with E-state index < -0.39 is 12.3 Å². The molecule has 0 aromatic rings. The fourth-order valence-electron chi connectivity index (χ4n) is 9.86. The lowest BCUT2D eigenvalue weighted by Gasteiger charge is -2.45. The van der Waals surface area contributed by atoms with Crippen molar-refractivity contribution in [1.29, 1.82) is 0 Å². The minimum Gasteiger partial charge on any atom is -0.498 e. The molecule has 0 bridgehead atoms. The smallest absolute Gasteiger partial charge is 0.308 e. The lowest BCUT2D eigenvalue weighted by Crippen LogP contribution is -2.42. The Kier molecular flexibility index (Phi) is 15.6. The minimum absolute atomic E-state index is 0.0403. The van der Waals surface area contributed by atoms with Gasteiger partial charge in [0.1, 0.15) is 0 Å². The van der Waals surface area contributed by atoms with Gasteiger partial charge in [-0.2, -0.15) is 0 Å². The van der Waals surface area contributed by atoms with Gasteiger partial charge in [-0.15, -0.1) is 0 Å². The molecule has 5 rings (SSSR count). The number of carbonyl (C=O) groups excluding carboxylic acids is 2. The molecule has 9 nitrogen and oxygen atoms in total. The highest BCUT2D eigenvalue weighted by Gasteiger charge is 2.47. The van der Waals surface area contributed by atoms with Crippen molar-refractivity contribution in [3.05, 3.63) is 23.4 Å². The number of aliphatic hydroxyl groups is 1. The highest BCUT2D eigenvalue weighted by atomic mass is 16.8. The summed E-state index contributed by atoms with van der Waals surface area (Å²) in [6, 6.07) is 0. The largest absolute Gasteiger partial charge is 0.498 e. The minimum atomic E-state index is -1.20. The maximum atomic E-state index is 12.5. The van der Waals surface area contributed by atoms with E-state index >= 15 is 0 Å². The van der Waals surface area contributed by atoms with Gasteiger partial charge in [-0.25, -0.2) is 0 Å². The molecule has 0 aromatic carbocycles. The Hall–Kier alpha value is -2.26. The summed E-state index contributed by atoms with van der Waals surface area (Å²) in [4.78, 5) is 24.9. The number of fused-ring (bicyclic) bond motifs is 1. The first-order valence-corrected chi connectivity index (χ1v) is 21.3. The van der Waals surface area contributed by atoms with Crippen molar-refractivity contribution < 1.29 is 38.4 Å². The van der Waals surface area contributed by atoms with Gasteiger partial charge in [-0.3, -0.25) is 9.59 Å². The lowest BCUT2D eigenvalue weighted by atomic mass is 9.64. The zero-order chi connectivity index (χ0) is 37.2. The average molecular weight is 730 g/mol. The predicted octanol–water partition coefficient (Wildman–Crippen LogP) is 8.94. The number of amides is 1. The number of rotatable bonds is 17. The molecule has 3 aliphatic heterocycles. The molecular formula is C43H71NO8. The number of ether oxygens (including phenoxy) is 5. The molecule has 2 N–H and O–H groups in total. The van der Waals surface area contributed by atoms with E-state index in [0.29, 0.717) is 42.7 Å². The van der Waals surface area contributed by atoms with E-state index in [4.69, 9.17) is 23.7 Å². The van der Waals surface area contributed by atoms with Crippen LogP contribution in [0.5, 0.6) is 0 Å². The molecule has 5 aliphatic rings. The van der Waals surface area contributed by atoms with Gasteiger partial charge in [0.25, 0.3) is 5.95 Å². The summed E-state index contributed by atoms with van der Waals surface area (Å²) in [6.45, 7) is 14.4. The molecule has 0 radical (unpaired) electrons. The summed E-state index contributed by atoms with van der Waals surface area (Å²) < 4.78 is 30.5. The number of esters is 1. The van der Waals surface area contributed by atoms with Crippen molar-refractivity contribution in [1.82, 2.24) is 5.32 Å². The Labute approximate surface area is 314 Å². The Morgan fingerprint density at radius 2 is 1.56 bits per heavy atom. The van der Waals surface area contributed by atoms with Gasteiger partial charge < -0.3 is 34.1 Å². The molecule has 8 unspecified atom stereocenters. The molecule has 0 aromatic heterocycles. The molecule has 0 spiro atoms. The van der Waals surface area contributed by atoms with Gasteiger partial charge in [0.15, 0.2) is 0 Å². The van der Waals surface area contributed by atoms with E-state index in [1.807, 2.05) is 13.2 Å². The van der Waals surface area contributed by atoms with Crippen LogP contribution in [0.25, 0.3) is 0 Å². The van der Waals surface area contributed by atoms with Crippen molar-refractivity contribution in [2.45, 2.75) is 175 Å². The first-order chi connectivity index (χ1) is 25.1. The summed E-state index contributed by atoms with van der Waals surface area (Å²) in [5, 5.41) is 13.7. The number of unbranched alkanes of at least 4 members (excludes halogenated alkanes) is 5. The topological polar surface area (TPSA) is 113 Å². The second-order valence-electron chi connectivity index (χ2n) is 17.0. The maximum Gasteiger partial charge on any atom is 0.308 e. The first kappa shape index (κ1) is 40.9. The Balaban J connectivity index is 0.898. The summed E-state index contributed by atoms with van der Waals surface area (Å²) in [6.07, 6.45) is 17.4. The third-order valence-corrected chi connectivity index (χ3v) is 13.3. The Morgan fingerprint density at radius 3 is 2.35 bits per heavy atom. The summed E-state index contributed by atoms with van der Waals surface area (Å²) in [5.74, 6) is 3.20. The van der Waals surface area contributed by atoms with Gasteiger partial charge in [0.05, 0.1) is 31.5 Å². The van der Waals surface area contributed by atoms with Crippen LogP contribution in [0.4, 0.5) is 0 Å². The van der Waals surface area contributed by atoms with Crippen molar-refractivity contribution in [2.24, 2.45) is 47.3 Å². The maximum absolute atomic E-state index is 12.5. The average Bonchev–Trinajstić information content (AvgIpc) is 3.43. The highest BCUT2D eigenvalue weighted by Crippen LogP contribution is 2.52. The van der Waals surface area contributed by atoms with Crippen LogP contribution >= 0.6 is 0 Å². The highest BCUT2D eigenvalue weighted by molar-refractivity contribution is 5.81. The molecule has 2 saturated carbocycles. The van der Waals surface area contributed by atoms with Crippen LogP contribution in [0.2, 0.25) is 0 Å². The predicted molar refractivity (Wildman–Crippen MR) is 201 cm³/mol. The van der Waals surface area contributed by atoms with Crippen LogP contribution in [0.1, 0.15) is 151 Å². The number of aliphatic hydroxyl groups excluding tert-OH is 1. The van der Waals surface area contributed by atoms with E-state index in [2.05, 4.69) is 39.9 Å². The molecule has 2 fully saturated rings. The van der Waals surface area contributed by atoms with Crippen molar-refractivity contribution in [3.8, 4) is 0 Å². The van der Waals surface area contributed by atoms with E-state index in [1.165, 1.54) is 36.8 Å². The second-order valence-corrected chi connectivity index (χ2v) is 17.0. The van der Waals surface area contributed by atoms with Crippen LogP contribution in [0.15, 0.2) is 23.4 Å². The van der Waals surface area contributed by atoms with Crippen molar-refractivity contribution in [2.75, 3.05) is 13.2 Å². The van der Waals surface area contributed by atoms with Crippen LogP contribution in [0.3, 0.4) is 0 Å². The molecule has 3 heterocycles. The number of hydrogen-bond donors (Lipinski definition) is 2. The molecule has 1 amide bonds. The van der Waals surface area contributed by atoms with Crippen LogP contribution in [0, 0.1) is 47.3 Å². The molecule has 2 aliphatic carbocycles. The van der Waals surface area contributed by atoms with Gasteiger partial charge in [0.2, 0.25) is 18.5 Å². The second kappa shape index (κ2) is 19.9. The fourth-order valence-corrected chi connectivity index (χ4v) is 9.86. The van der Waals surface area contributed by atoms with Gasteiger partial charge in [-0.1, -0.05) is 59.8 Å². The van der Waals surface area contributed by atoms with Gasteiger partial charge in [-0.05, 0) is 119 Å². The van der Waals surface area contributed by atoms with Gasteiger partial charge in [0, 0.05) is 30.4 Å². The normalized spacial score (nSPS) is 34.1. The quantitative estimate of drug-likeness (QED) is 0.0868. The van der Waals surface area contributed by atoms with Crippen molar-refractivity contribution in [3.63, 3.8) is 0 Å². The van der Waals surface area contributed by atoms with E-state index in [9.17, 15) is 14.7 Å². The number of nitrogens with one attached hydrogen (secondary N) is 1. The molecule has 0 saturated heterocycles.